The number of nitrogens with one attached hydrogen (secondary N) is 1. The molecule has 4 nitrogen and oxygen atoms in total. The quantitative estimate of drug-likeness (QED) is 0.873. The van der Waals surface area contributed by atoms with Crippen molar-refractivity contribution in [3.63, 3.8) is 0 Å². The molecule has 0 aromatic carbocycles. The van der Waals surface area contributed by atoms with Crippen LogP contribution in [0.3, 0.4) is 0 Å². The zero-order valence-corrected chi connectivity index (χ0v) is 12.2. The lowest BCUT2D eigenvalue weighted by Gasteiger charge is -2.10. The topological polar surface area (TPSA) is 50.7 Å². The molecule has 0 amide bonds. The van der Waals surface area contributed by atoms with Crippen molar-refractivity contribution in [1.82, 2.24) is 15.0 Å². The van der Waals surface area contributed by atoms with Gasteiger partial charge in [0.2, 0.25) is 0 Å². The van der Waals surface area contributed by atoms with Crippen molar-refractivity contribution in [3.8, 4) is 0 Å². The molecule has 0 aliphatic rings. The molecule has 21 heavy (non-hydrogen) atoms. The van der Waals surface area contributed by atoms with Crippen LogP contribution in [0.1, 0.15) is 18.1 Å². The summed E-state index contributed by atoms with van der Waals surface area (Å²) in [7, 11) is 1.76. The van der Waals surface area contributed by atoms with Gasteiger partial charge in [0.05, 0.1) is 5.56 Å². The van der Waals surface area contributed by atoms with Gasteiger partial charge >= 0.3 is 6.18 Å². The Morgan fingerprint density at radius 2 is 1.95 bits per heavy atom. The molecular formula is C13H13F3N4S. The highest BCUT2D eigenvalue weighted by Gasteiger charge is 2.30. The molecule has 0 fully saturated rings. The first kappa shape index (κ1) is 15.6. The van der Waals surface area contributed by atoms with E-state index in [-0.39, 0.29) is 0 Å². The fraction of sp³-hybridized carbons (Fsp3) is 0.308. The maximum atomic E-state index is 12.5. The van der Waals surface area contributed by atoms with Crippen LogP contribution in [-0.2, 0) is 12.6 Å². The Hall–Kier alpha value is -1.83. The van der Waals surface area contributed by atoms with Crippen LogP contribution in [0.5, 0.6) is 0 Å². The molecule has 2 rings (SSSR count). The molecule has 0 saturated heterocycles. The average Bonchev–Trinajstić information content (AvgIpc) is 2.46. The van der Waals surface area contributed by atoms with Gasteiger partial charge in [-0.25, -0.2) is 15.0 Å². The van der Waals surface area contributed by atoms with Gasteiger partial charge in [-0.15, -0.1) is 0 Å². The lowest BCUT2D eigenvalue weighted by molar-refractivity contribution is -0.137. The lowest BCUT2D eigenvalue weighted by Crippen LogP contribution is -2.05. The van der Waals surface area contributed by atoms with Gasteiger partial charge in [-0.1, -0.05) is 6.92 Å². The van der Waals surface area contributed by atoms with E-state index < -0.39 is 11.7 Å². The minimum Gasteiger partial charge on any atom is -0.373 e. The van der Waals surface area contributed by atoms with E-state index in [9.17, 15) is 13.2 Å². The van der Waals surface area contributed by atoms with Crippen LogP contribution in [-0.4, -0.2) is 22.0 Å². The molecule has 2 heterocycles. The molecule has 0 saturated carbocycles. The van der Waals surface area contributed by atoms with Crippen LogP contribution in [0, 0.1) is 0 Å². The van der Waals surface area contributed by atoms with Crippen molar-refractivity contribution in [2.24, 2.45) is 0 Å². The largest absolute Gasteiger partial charge is 0.417 e. The lowest BCUT2D eigenvalue weighted by atomic mass is 10.2. The second-order valence-corrected chi connectivity index (χ2v) is 5.10. The van der Waals surface area contributed by atoms with Gasteiger partial charge in [-0.2, -0.15) is 13.2 Å². The number of hydrogen-bond acceptors (Lipinski definition) is 5. The normalized spacial score (nSPS) is 11.5. The van der Waals surface area contributed by atoms with Gasteiger partial charge in [-0.3, -0.25) is 0 Å². The third-order valence-electron chi connectivity index (χ3n) is 2.76. The minimum absolute atomic E-state index is 0.457. The van der Waals surface area contributed by atoms with Crippen molar-refractivity contribution in [2.45, 2.75) is 29.6 Å². The van der Waals surface area contributed by atoms with Crippen molar-refractivity contribution in [2.75, 3.05) is 12.4 Å². The Bertz CT molecular complexity index is 614. The molecule has 0 aliphatic carbocycles. The smallest absolute Gasteiger partial charge is 0.373 e. The highest BCUT2D eigenvalue weighted by molar-refractivity contribution is 7.99. The number of pyridine rings is 1. The number of hydrogen-bond donors (Lipinski definition) is 1. The number of anilines is 1. The Morgan fingerprint density at radius 3 is 2.48 bits per heavy atom. The van der Waals surface area contributed by atoms with Crippen LogP contribution in [0.15, 0.2) is 34.7 Å². The predicted octanol–water partition coefficient (Wildman–Crippen LogP) is 3.65. The number of halogens is 3. The SMILES string of the molecule is CCc1c(NC)ncnc1Sc1ccc(C(F)(F)F)cn1. The van der Waals surface area contributed by atoms with E-state index in [2.05, 4.69) is 20.3 Å². The zero-order chi connectivity index (χ0) is 15.5. The van der Waals surface area contributed by atoms with E-state index >= 15 is 0 Å². The van der Waals surface area contributed by atoms with E-state index in [1.54, 1.807) is 7.05 Å². The fourth-order valence-corrected chi connectivity index (χ4v) is 2.63. The van der Waals surface area contributed by atoms with E-state index in [1.807, 2.05) is 6.92 Å². The first-order valence-electron chi connectivity index (χ1n) is 6.18. The highest BCUT2D eigenvalue weighted by atomic mass is 32.2. The Labute approximate surface area is 124 Å². The van der Waals surface area contributed by atoms with Gasteiger partial charge in [0.1, 0.15) is 22.2 Å². The first-order valence-corrected chi connectivity index (χ1v) is 7.00. The van der Waals surface area contributed by atoms with Gasteiger partial charge < -0.3 is 5.32 Å². The van der Waals surface area contributed by atoms with Crippen molar-refractivity contribution in [1.29, 1.82) is 0 Å². The number of rotatable bonds is 4. The molecule has 1 N–H and O–H groups in total. The van der Waals surface area contributed by atoms with Crippen LogP contribution in [0.25, 0.3) is 0 Å². The maximum absolute atomic E-state index is 12.5. The Morgan fingerprint density at radius 1 is 1.19 bits per heavy atom. The van der Waals surface area contributed by atoms with Crippen LogP contribution in [0.4, 0.5) is 19.0 Å². The van der Waals surface area contributed by atoms with Crippen LogP contribution in [0.2, 0.25) is 0 Å². The molecule has 2 aromatic rings. The second-order valence-electron chi connectivity index (χ2n) is 4.09. The summed E-state index contributed by atoms with van der Waals surface area (Å²) in [6.45, 7) is 1.96. The van der Waals surface area contributed by atoms with Gasteiger partial charge in [0.25, 0.3) is 0 Å². The summed E-state index contributed by atoms with van der Waals surface area (Å²) < 4.78 is 37.5. The summed E-state index contributed by atoms with van der Waals surface area (Å²) in [5, 5.41) is 4.11. The summed E-state index contributed by atoms with van der Waals surface area (Å²) in [4.78, 5) is 12.1. The monoisotopic (exact) mass is 314 g/mol. The predicted molar refractivity (Wildman–Crippen MR) is 74.3 cm³/mol. The average molecular weight is 314 g/mol. The summed E-state index contributed by atoms with van der Waals surface area (Å²) in [6.07, 6.45) is -1.43. The van der Waals surface area contributed by atoms with Gasteiger partial charge in [0.15, 0.2) is 0 Å². The summed E-state index contributed by atoms with van der Waals surface area (Å²) in [5.74, 6) is 0.710. The Balaban J connectivity index is 2.26. The second kappa shape index (κ2) is 6.30. The van der Waals surface area contributed by atoms with Crippen LogP contribution < -0.4 is 5.32 Å². The summed E-state index contributed by atoms with van der Waals surface area (Å²) in [5.41, 5.74) is 0.146. The van der Waals surface area contributed by atoms with Gasteiger partial charge in [-0.05, 0) is 30.3 Å². The molecule has 112 valence electrons. The molecule has 0 aliphatic heterocycles. The zero-order valence-electron chi connectivity index (χ0n) is 11.4. The Kier molecular flexibility index (Phi) is 4.66. The minimum atomic E-state index is -4.38. The van der Waals surface area contributed by atoms with Crippen molar-refractivity contribution < 1.29 is 13.2 Å². The molecular weight excluding hydrogens is 301 g/mol. The molecule has 0 atom stereocenters. The van der Waals surface area contributed by atoms with E-state index in [0.717, 1.165) is 17.8 Å². The number of nitrogens with zero attached hydrogens (tertiary/aromatic N) is 3. The maximum Gasteiger partial charge on any atom is 0.417 e. The van der Waals surface area contributed by atoms with E-state index in [0.29, 0.717) is 22.3 Å². The summed E-state index contributed by atoms with van der Waals surface area (Å²) in [6, 6.07) is 2.36. The third-order valence-corrected chi connectivity index (χ3v) is 3.76. The molecule has 0 radical (unpaired) electrons. The van der Waals surface area contributed by atoms with E-state index in [1.165, 1.54) is 24.2 Å². The molecule has 2 aromatic heterocycles. The fourth-order valence-electron chi connectivity index (χ4n) is 1.73. The van der Waals surface area contributed by atoms with Crippen LogP contribution >= 0.6 is 11.8 Å². The first-order chi connectivity index (χ1) is 9.95. The highest BCUT2D eigenvalue weighted by Crippen LogP contribution is 2.33. The van der Waals surface area contributed by atoms with E-state index in [4.69, 9.17) is 0 Å². The van der Waals surface area contributed by atoms with Gasteiger partial charge in [0, 0.05) is 18.8 Å². The van der Waals surface area contributed by atoms with Crippen molar-refractivity contribution >= 4 is 17.6 Å². The standard InChI is InChI=1S/C13H13F3N4S/c1-3-9-11(17-2)19-7-20-12(9)21-10-5-4-8(6-18-10)13(14,15)16/h4-7H,3H2,1-2H3,(H,17,19,20). The number of alkyl halides is 3. The third kappa shape index (κ3) is 3.63. The molecule has 8 heteroatoms. The van der Waals surface area contributed by atoms with Crippen molar-refractivity contribution in [3.05, 3.63) is 35.8 Å². The number of aromatic nitrogens is 3. The summed E-state index contributed by atoms with van der Waals surface area (Å²) >= 11 is 1.22. The molecule has 0 bridgehead atoms. The molecule has 0 spiro atoms. The molecule has 0 unspecified atom stereocenters.